The van der Waals surface area contributed by atoms with Crippen molar-refractivity contribution in [3.63, 3.8) is 0 Å². The maximum absolute atomic E-state index is 12.4. The zero-order valence-electron chi connectivity index (χ0n) is 32.0. The molecule has 0 aliphatic carbocycles. The molecule has 0 radical (unpaired) electrons. The topological polar surface area (TPSA) is 119 Å². The zero-order chi connectivity index (χ0) is 37.5. The first-order valence-electron chi connectivity index (χ1n) is 19.7. The number of esters is 2. The molecule has 0 aliphatic rings. The third-order valence-electron chi connectivity index (χ3n) is 7.95. The molecule has 0 fully saturated rings. The van der Waals surface area contributed by atoms with Crippen molar-refractivity contribution in [1.82, 2.24) is 0 Å². The summed E-state index contributed by atoms with van der Waals surface area (Å²) in [4.78, 5) is 42.7. The SMILES string of the molecule is CCCC/C=C/C/C=C/CCCCCCCC(=O)OC[C@H](COP(=O)(O)O)OC(=O)CCCCC/C=C/C/C=C/C/C=C/C/C=C/CCCCC. The number of rotatable bonds is 35. The molecule has 0 aromatic carbocycles. The summed E-state index contributed by atoms with van der Waals surface area (Å²) in [5.41, 5.74) is 0. The van der Waals surface area contributed by atoms with Gasteiger partial charge in [0.2, 0.25) is 0 Å². The Hall–Kier alpha value is -2.51. The predicted molar refractivity (Wildman–Crippen MR) is 211 cm³/mol. The lowest BCUT2D eigenvalue weighted by molar-refractivity contribution is -0.161. The van der Waals surface area contributed by atoms with Crippen LogP contribution in [0.2, 0.25) is 0 Å². The van der Waals surface area contributed by atoms with Gasteiger partial charge in [0, 0.05) is 12.8 Å². The van der Waals surface area contributed by atoms with Gasteiger partial charge in [-0.15, -0.1) is 0 Å². The summed E-state index contributed by atoms with van der Waals surface area (Å²) >= 11 is 0. The van der Waals surface area contributed by atoms with E-state index in [2.05, 4.69) is 91.3 Å². The molecule has 1 atom stereocenters. The zero-order valence-corrected chi connectivity index (χ0v) is 32.9. The van der Waals surface area contributed by atoms with Crippen molar-refractivity contribution < 1.29 is 37.9 Å². The van der Waals surface area contributed by atoms with E-state index < -0.39 is 32.5 Å². The smallest absolute Gasteiger partial charge is 0.462 e. The number of carbonyl (C=O) groups excluding carboxylic acids is 2. The molecule has 0 saturated heterocycles. The number of phosphoric ester groups is 1. The molecule has 2 N–H and O–H groups in total. The van der Waals surface area contributed by atoms with Crippen LogP contribution in [-0.2, 0) is 28.2 Å². The monoisotopic (exact) mass is 734 g/mol. The van der Waals surface area contributed by atoms with E-state index in [0.717, 1.165) is 83.5 Å². The van der Waals surface area contributed by atoms with Crippen molar-refractivity contribution in [2.45, 2.75) is 168 Å². The fourth-order valence-corrected chi connectivity index (χ4v) is 5.32. The lowest BCUT2D eigenvalue weighted by Gasteiger charge is -2.18. The molecule has 0 spiro atoms. The van der Waals surface area contributed by atoms with E-state index in [-0.39, 0.29) is 19.4 Å². The summed E-state index contributed by atoms with van der Waals surface area (Å²) in [6.45, 7) is 3.56. The quantitative estimate of drug-likeness (QED) is 0.0286. The molecule has 9 heteroatoms. The van der Waals surface area contributed by atoms with Crippen molar-refractivity contribution >= 4 is 19.8 Å². The molecule has 0 unspecified atom stereocenters. The van der Waals surface area contributed by atoms with Crippen LogP contribution < -0.4 is 0 Å². The highest BCUT2D eigenvalue weighted by Crippen LogP contribution is 2.36. The molecular formula is C42H71O8P. The standard InChI is InChI=1S/C42H71O8P/c1-3-5-7-9-11-13-15-17-19-20-21-22-23-25-27-29-31-33-35-37-42(44)50-40(39-49-51(45,46)47)38-48-41(43)36-34-32-30-28-26-24-18-16-14-12-10-8-6-4-2/h10-13,16-19,21-22,25,27,40H,3-9,14-15,20,23-24,26,28-39H2,1-2H3,(H2,45,46,47)/b12-10+,13-11+,18-16+,19-17+,22-21+,27-25+/t40-/m1/s1. The predicted octanol–water partition coefficient (Wildman–Crippen LogP) is 11.9. The normalized spacial score (nSPS) is 13.3. The van der Waals surface area contributed by atoms with Crippen LogP contribution in [0, 0.1) is 0 Å². The highest BCUT2D eigenvalue weighted by molar-refractivity contribution is 7.46. The van der Waals surface area contributed by atoms with Gasteiger partial charge in [-0.05, 0) is 83.5 Å². The number of hydrogen-bond acceptors (Lipinski definition) is 6. The fraction of sp³-hybridized carbons (Fsp3) is 0.667. The van der Waals surface area contributed by atoms with Gasteiger partial charge in [0.25, 0.3) is 0 Å². The molecule has 292 valence electrons. The largest absolute Gasteiger partial charge is 0.469 e. The van der Waals surface area contributed by atoms with Crippen LogP contribution >= 0.6 is 7.82 Å². The Bertz CT molecular complexity index is 1050. The molecule has 0 aliphatic heterocycles. The second kappa shape index (κ2) is 37.3. The first-order valence-corrected chi connectivity index (χ1v) is 21.3. The summed E-state index contributed by atoms with van der Waals surface area (Å²) in [5.74, 6) is -0.944. The minimum Gasteiger partial charge on any atom is -0.462 e. The first kappa shape index (κ1) is 48.5. The second-order valence-corrected chi connectivity index (χ2v) is 14.1. The van der Waals surface area contributed by atoms with Crippen molar-refractivity contribution in [2.75, 3.05) is 13.2 Å². The Balaban J connectivity index is 4.06. The van der Waals surface area contributed by atoms with E-state index in [1.54, 1.807) is 0 Å². The van der Waals surface area contributed by atoms with Gasteiger partial charge in [0.15, 0.2) is 6.10 Å². The summed E-state index contributed by atoms with van der Waals surface area (Å²) in [6, 6.07) is 0. The van der Waals surface area contributed by atoms with E-state index in [0.29, 0.717) is 12.8 Å². The summed E-state index contributed by atoms with van der Waals surface area (Å²) in [5, 5.41) is 0. The molecule has 0 heterocycles. The number of allylic oxidation sites excluding steroid dienone is 12. The number of unbranched alkanes of at least 4 members (excludes halogenated alkanes) is 13. The molecule has 0 bridgehead atoms. The van der Waals surface area contributed by atoms with Gasteiger partial charge in [-0.3, -0.25) is 14.1 Å². The van der Waals surface area contributed by atoms with E-state index in [9.17, 15) is 14.2 Å². The molecule has 8 nitrogen and oxygen atoms in total. The lowest BCUT2D eigenvalue weighted by Crippen LogP contribution is -2.29. The van der Waals surface area contributed by atoms with Gasteiger partial charge in [-0.1, -0.05) is 138 Å². The van der Waals surface area contributed by atoms with Gasteiger partial charge in [0.05, 0.1) is 6.61 Å². The summed E-state index contributed by atoms with van der Waals surface area (Å²) in [7, 11) is -4.77. The van der Waals surface area contributed by atoms with Crippen LogP contribution in [0.3, 0.4) is 0 Å². The summed E-state index contributed by atoms with van der Waals surface area (Å²) in [6.07, 6.45) is 47.6. The average molecular weight is 735 g/mol. The fourth-order valence-electron chi connectivity index (χ4n) is 4.96. The minimum absolute atomic E-state index is 0.168. The molecule has 0 aromatic rings. The Labute approximate surface area is 310 Å². The van der Waals surface area contributed by atoms with E-state index >= 15 is 0 Å². The van der Waals surface area contributed by atoms with Crippen LogP contribution in [0.4, 0.5) is 0 Å². The molecule has 0 amide bonds. The Kier molecular flexibility index (Phi) is 35.4. The molecule has 51 heavy (non-hydrogen) atoms. The Morgan fingerprint density at radius 2 is 0.902 bits per heavy atom. The van der Waals surface area contributed by atoms with Crippen molar-refractivity contribution in [1.29, 1.82) is 0 Å². The highest BCUT2D eigenvalue weighted by atomic mass is 31.2. The van der Waals surface area contributed by atoms with Gasteiger partial charge in [-0.25, -0.2) is 4.57 Å². The summed E-state index contributed by atoms with van der Waals surface area (Å²) < 4.78 is 26.3. The van der Waals surface area contributed by atoms with Crippen LogP contribution in [0.15, 0.2) is 72.9 Å². The number of ether oxygens (including phenoxy) is 2. The maximum atomic E-state index is 12.4. The minimum atomic E-state index is -4.77. The van der Waals surface area contributed by atoms with E-state index in [1.165, 1.54) is 38.5 Å². The third kappa shape index (κ3) is 40.1. The van der Waals surface area contributed by atoms with Crippen LogP contribution in [0.1, 0.15) is 162 Å². The van der Waals surface area contributed by atoms with Crippen LogP contribution in [0.5, 0.6) is 0 Å². The Morgan fingerprint density at radius 3 is 1.39 bits per heavy atom. The van der Waals surface area contributed by atoms with Gasteiger partial charge in [0.1, 0.15) is 6.61 Å². The Morgan fingerprint density at radius 1 is 0.510 bits per heavy atom. The number of hydrogen-bond donors (Lipinski definition) is 2. The van der Waals surface area contributed by atoms with E-state index in [4.69, 9.17) is 19.3 Å². The molecule has 0 saturated carbocycles. The van der Waals surface area contributed by atoms with Crippen LogP contribution in [-0.4, -0.2) is 41.0 Å². The maximum Gasteiger partial charge on any atom is 0.469 e. The second-order valence-electron chi connectivity index (χ2n) is 12.9. The van der Waals surface area contributed by atoms with Crippen LogP contribution in [0.25, 0.3) is 0 Å². The molecular weight excluding hydrogens is 663 g/mol. The molecule has 0 rings (SSSR count). The average Bonchev–Trinajstić information content (AvgIpc) is 3.10. The van der Waals surface area contributed by atoms with Gasteiger partial charge >= 0.3 is 19.8 Å². The third-order valence-corrected chi connectivity index (χ3v) is 8.43. The number of carbonyl (C=O) groups is 2. The van der Waals surface area contributed by atoms with Gasteiger partial charge in [-0.2, -0.15) is 0 Å². The lowest BCUT2D eigenvalue weighted by atomic mass is 10.1. The highest BCUT2D eigenvalue weighted by Gasteiger charge is 2.22. The first-order chi connectivity index (χ1) is 24.8. The van der Waals surface area contributed by atoms with Crippen molar-refractivity contribution in [3.05, 3.63) is 72.9 Å². The van der Waals surface area contributed by atoms with E-state index in [1.807, 2.05) is 0 Å². The number of phosphoric acid groups is 1. The van der Waals surface area contributed by atoms with Crippen molar-refractivity contribution in [3.8, 4) is 0 Å². The van der Waals surface area contributed by atoms with Crippen molar-refractivity contribution in [2.24, 2.45) is 0 Å². The van der Waals surface area contributed by atoms with Gasteiger partial charge < -0.3 is 19.3 Å². The molecule has 0 aromatic heterocycles.